The van der Waals surface area contributed by atoms with Crippen molar-refractivity contribution >= 4 is 35.6 Å². The van der Waals surface area contributed by atoms with Gasteiger partial charge in [0.05, 0.1) is 12.4 Å². The Morgan fingerprint density at radius 2 is 1.47 bits per heavy atom. The normalized spacial score (nSPS) is 15.0. The minimum absolute atomic E-state index is 0.171. The maximum Gasteiger partial charge on any atom is 0.326 e. The third kappa shape index (κ3) is 10.5. The lowest BCUT2D eigenvalue weighted by atomic mass is 10.1. The van der Waals surface area contributed by atoms with Crippen molar-refractivity contribution in [3.8, 4) is 0 Å². The van der Waals surface area contributed by atoms with E-state index in [0.29, 0.717) is 5.69 Å². The van der Waals surface area contributed by atoms with Crippen LogP contribution < -0.4 is 27.4 Å². The third-order valence-corrected chi connectivity index (χ3v) is 5.01. The molecule has 16 nitrogen and oxygen atoms in total. The topological polar surface area (TPSA) is 280 Å². The Balaban J connectivity index is 3.04. The number of aromatic amines is 1. The highest BCUT2D eigenvalue weighted by Crippen LogP contribution is 2.06. The van der Waals surface area contributed by atoms with E-state index in [-0.39, 0.29) is 19.3 Å². The van der Waals surface area contributed by atoms with Crippen LogP contribution in [0.15, 0.2) is 12.5 Å². The van der Waals surface area contributed by atoms with Gasteiger partial charge in [0.1, 0.15) is 24.2 Å². The van der Waals surface area contributed by atoms with Crippen LogP contribution in [0, 0.1) is 0 Å². The maximum absolute atomic E-state index is 12.9. The molecule has 0 saturated carbocycles. The number of hydrogen-bond acceptors (Lipinski definition) is 9. The van der Waals surface area contributed by atoms with Crippen LogP contribution in [0.2, 0.25) is 0 Å². The van der Waals surface area contributed by atoms with E-state index < -0.39 is 78.7 Å². The van der Waals surface area contributed by atoms with Crippen LogP contribution >= 0.6 is 0 Å². The third-order valence-electron chi connectivity index (χ3n) is 5.01. The average molecular weight is 514 g/mol. The highest BCUT2D eigenvalue weighted by molar-refractivity contribution is 5.94. The first-order valence-electron chi connectivity index (χ1n) is 10.9. The number of H-pyrrole nitrogens is 1. The zero-order valence-corrected chi connectivity index (χ0v) is 19.5. The molecule has 0 aliphatic carbocycles. The Morgan fingerprint density at radius 1 is 0.944 bits per heavy atom. The number of hydrogen-bond donors (Lipinski definition) is 9. The molecule has 36 heavy (non-hydrogen) atoms. The van der Waals surface area contributed by atoms with E-state index in [4.69, 9.17) is 16.6 Å². The summed E-state index contributed by atoms with van der Waals surface area (Å²) in [5.41, 5.74) is 11.1. The fourth-order valence-electron chi connectivity index (χ4n) is 2.94. The molecule has 0 spiro atoms. The number of nitrogens with zero attached hydrogens (tertiary/aromatic N) is 1. The van der Waals surface area contributed by atoms with E-state index in [1.807, 2.05) is 0 Å². The van der Waals surface area contributed by atoms with Crippen molar-refractivity contribution in [2.45, 2.75) is 69.3 Å². The molecule has 200 valence electrons. The van der Waals surface area contributed by atoms with E-state index in [0.717, 1.165) is 0 Å². The number of carboxylic acids is 2. The van der Waals surface area contributed by atoms with E-state index >= 15 is 0 Å². The number of carbonyl (C=O) groups excluding carboxylic acids is 4. The lowest BCUT2D eigenvalue weighted by molar-refractivity contribution is -0.143. The highest BCUT2D eigenvalue weighted by Gasteiger charge is 2.31. The number of rotatable bonds is 16. The summed E-state index contributed by atoms with van der Waals surface area (Å²) in [6, 6.07) is -5.76. The molecule has 1 rings (SSSR count). The number of imidazole rings is 1. The van der Waals surface area contributed by atoms with Gasteiger partial charge >= 0.3 is 11.9 Å². The minimum atomic E-state index is -1.50. The Labute approximate surface area is 205 Å². The van der Waals surface area contributed by atoms with Crippen LogP contribution in [0.1, 0.15) is 38.3 Å². The molecule has 0 saturated heterocycles. The van der Waals surface area contributed by atoms with Gasteiger partial charge in [-0.15, -0.1) is 0 Å². The van der Waals surface area contributed by atoms with Gasteiger partial charge in [-0.2, -0.15) is 0 Å². The Kier molecular flexibility index (Phi) is 12.0. The molecule has 1 heterocycles. The van der Waals surface area contributed by atoms with Gasteiger partial charge in [-0.1, -0.05) is 0 Å². The number of carboxylic acid groups (broad SMARTS) is 2. The predicted molar refractivity (Wildman–Crippen MR) is 121 cm³/mol. The van der Waals surface area contributed by atoms with Crippen LogP contribution in [0.25, 0.3) is 0 Å². The summed E-state index contributed by atoms with van der Waals surface area (Å²) in [5, 5.41) is 34.7. The summed E-state index contributed by atoms with van der Waals surface area (Å²) in [4.78, 5) is 78.2. The molecular weight excluding hydrogens is 482 g/mol. The summed E-state index contributed by atoms with van der Waals surface area (Å²) in [7, 11) is 0. The number of amides is 4. The number of primary amides is 1. The molecule has 0 fully saturated rings. The zero-order chi connectivity index (χ0) is 27.4. The Morgan fingerprint density at radius 3 is 1.92 bits per heavy atom. The molecule has 5 atom stereocenters. The zero-order valence-electron chi connectivity index (χ0n) is 19.5. The summed E-state index contributed by atoms with van der Waals surface area (Å²) in [5.74, 6) is -6.35. The number of aliphatic carboxylic acids is 2. The first kappa shape index (κ1) is 30.0. The van der Waals surface area contributed by atoms with Crippen molar-refractivity contribution < 1.29 is 44.1 Å². The molecule has 5 unspecified atom stereocenters. The van der Waals surface area contributed by atoms with Crippen molar-refractivity contribution in [1.29, 1.82) is 0 Å². The minimum Gasteiger partial charge on any atom is -0.481 e. The molecule has 0 aliphatic rings. The molecular formula is C20H31N7O9. The monoisotopic (exact) mass is 513 g/mol. The summed E-state index contributed by atoms with van der Waals surface area (Å²) in [6.07, 6.45) is -0.346. The van der Waals surface area contributed by atoms with Gasteiger partial charge < -0.3 is 47.7 Å². The molecule has 0 radical (unpaired) electrons. The molecule has 1 aromatic rings. The molecule has 11 N–H and O–H groups in total. The molecule has 0 aromatic carbocycles. The summed E-state index contributed by atoms with van der Waals surface area (Å²) < 4.78 is 0. The van der Waals surface area contributed by atoms with E-state index in [1.165, 1.54) is 19.4 Å². The van der Waals surface area contributed by atoms with Crippen LogP contribution in [-0.4, -0.2) is 91.1 Å². The van der Waals surface area contributed by atoms with Crippen LogP contribution in [0.4, 0.5) is 0 Å². The van der Waals surface area contributed by atoms with Crippen LogP contribution in [-0.2, 0) is 35.2 Å². The Bertz CT molecular complexity index is 936. The molecule has 0 aliphatic heterocycles. The Hall–Kier alpha value is -4.05. The van der Waals surface area contributed by atoms with Gasteiger partial charge in [-0.25, -0.2) is 9.78 Å². The molecule has 0 bridgehead atoms. The van der Waals surface area contributed by atoms with Crippen molar-refractivity contribution in [3.05, 3.63) is 18.2 Å². The van der Waals surface area contributed by atoms with E-state index in [9.17, 15) is 39.0 Å². The van der Waals surface area contributed by atoms with Crippen LogP contribution in [0.3, 0.4) is 0 Å². The number of aliphatic hydroxyl groups is 1. The fourth-order valence-corrected chi connectivity index (χ4v) is 2.94. The van der Waals surface area contributed by atoms with Crippen molar-refractivity contribution in [2.24, 2.45) is 11.5 Å². The van der Waals surface area contributed by atoms with Crippen molar-refractivity contribution in [2.75, 3.05) is 0 Å². The first-order valence-corrected chi connectivity index (χ1v) is 10.9. The number of nitrogens with one attached hydrogen (secondary N) is 4. The predicted octanol–water partition coefficient (Wildman–Crippen LogP) is -3.67. The fraction of sp³-hybridized carbons (Fsp3) is 0.550. The molecule has 4 amide bonds. The van der Waals surface area contributed by atoms with Crippen molar-refractivity contribution in [3.63, 3.8) is 0 Å². The highest BCUT2D eigenvalue weighted by atomic mass is 16.4. The van der Waals surface area contributed by atoms with Gasteiger partial charge in [0.2, 0.25) is 23.6 Å². The largest absolute Gasteiger partial charge is 0.481 e. The second kappa shape index (κ2) is 14.4. The summed E-state index contributed by atoms with van der Waals surface area (Å²) >= 11 is 0. The number of aromatic nitrogens is 2. The SMILES string of the molecule is CC(O)C(N)C(=O)NC(CCC(N)=O)C(=O)NC(CCC(=O)O)C(=O)NC(Cc1cnc[nH]1)C(=O)O. The van der Waals surface area contributed by atoms with Gasteiger partial charge in [-0.05, 0) is 19.8 Å². The van der Waals surface area contributed by atoms with Gasteiger partial charge in [0, 0.05) is 31.2 Å². The standard InChI is InChI=1S/C20H31N7O9/c1-9(28)16(22)19(34)26-11(2-4-14(21)29)17(32)25-12(3-5-15(30)31)18(33)27-13(20(35)36)6-10-7-23-8-24-10/h7-9,11-13,16,28H,2-6,22H2,1H3,(H2,21,29)(H,23,24)(H,25,32)(H,26,34)(H,27,33)(H,30,31)(H,35,36). The maximum atomic E-state index is 12.9. The smallest absolute Gasteiger partial charge is 0.326 e. The number of nitrogens with two attached hydrogens (primary N) is 2. The second-order valence-corrected chi connectivity index (χ2v) is 8.01. The number of carbonyl (C=O) groups is 6. The number of aliphatic hydroxyl groups excluding tert-OH is 1. The van der Waals surface area contributed by atoms with Gasteiger partial charge in [0.15, 0.2) is 0 Å². The first-order chi connectivity index (χ1) is 16.8. The van der Waals surface area contributed by atoms with Crippen molar-refractivity contribution in [1.82, 2.24) is 25.9 Å². The quantitative estimate of drug-likeness (QED) is 0.104. The lowest BCUT2D eigenvalue weighted by Crippen LogP contribution is -2.58. The van der Waals surface area contributed by atoms with Gasteiger partial charge in [0.25, 0.3) is 0 Å². The second-order valence-electron chi connectivity index (χ2n) is 8.01. The summed E-state index contributed by atoms with van der Waals surface area (Å²) in [6.45, 7) is 1.25. The van der Waals surface area contributed by atoms with E-state index in [1.54, 1.807) is 0 Å². The average Bonchev–Trinajstić information content (AvgIpc) is 3.30. The molecule has 16 heteroatoms. The molecule has 1 aromatic heterocycles. The van der Waals surface area contributed by atoms with Crippen LogP contribution in [0.5, 0.6) is 0 Å². The van der Waals surface area contributed by atoms with E-state index in [2.05, 4.69) is 25.9 Å². The van der Waals surface area contributed by atoms with Gasteiger partial charge in [-0.3, -0.25) is 24.0 Å². The lowest BCUT2D eigenvalue weighted by Gasteiger charge is -2.25.